The summed E-state index contributed by atoms with van der Waals surface area (Å²) in [6.07, 6.45) is 0. The standard InChI is InChI=1S/C3H4Br3/c1-3(5,6)2-4/h1-2H2. The summed E-state index contributed by atoms with van der Waals surface area (Å²) in [5, 5.41) is 0.806. The molecule has 0 aromatic rings. The largest absolute Gasteiger partial charge is 0.0904 e. The van der Waals surface area contributed by atoms with Gasteiger partial charge in [0.05, 0.1) is 3.23 Å². The first kappa shape index (κ1) is 7.44. The molecular formula is C3H4Br3. The van der Waals surface area contributed by atoms with E-state index in [0.717, 1.165) is 5.33 Å². The average molecular weight is 280 g/mol. The summed E-state index contributed by atoms with van der Waals surface area (Å²) >= 11 is 9.69. The van der Waals surface area contributed by atoms with Crippen molar-refractivity contribution in [3.05, 3.63) is 6.92 Å². The molecule has 0 saturated carbocycles. The van der Waals surface area contributed by atoms with Gasteiger partial charge in [-0.05, 0) is 6.92 Å². The van der Waals surface area contributed by atoms with Crippen LogP contribution in [0.25, 0.3) is 0 Å². The van der Waals surface area contributed by atoms with Crippen LogP contribution in [0.4, 0.5) is 0 Å². The topological polar surface area (TPSA) is 0 Å². The summed E-state index contributed by atoms with van der Waals surface area (Å²) in [4.78, 5) is 0. The first-order valence-electron chi connectivity index (χ1n) is 1.35. The van der Waals surface area contributed by atoms with Gasteiger partial charge >= 0.3 is 0 Å². The van der Waals surface area contributed by atoms with E-state index in [-0.39, 0.29) is 3.23 Å². The van der Waals surface area contributed by atoms with Gasteiger partial charge in [0.1, 0.15) is 0 Å². The van der Waals surface area contributed by atoms with E-state index in [1.165, 1.54) is 0 Å². The molecule has 0 fully saturated rings. The van der Waals surface area contributed by atoms with E-state index in [4.69, 9.17) is 0 Å². The van der Waals surface area contributed by atoms with E-state index >= 15 is 0 Å². The third kappa shape index (κ3) is 5.44. The third-order valence-corrected chi connectivity index (χ3v) is 3.22. The smallest absolute Gasteiger partial charge is 0.0902 e. The van der Waals surface area contributed by atoms with Crippen LogP contribution < -0.4 is 0 Å². The van der Waals surface area contributed by atoms with Crippen LogP contribution in [0, 0.1) is 6.92 Å². The minimum absolute atomic E-state index is 0.167. The minimum atomic E-state index is -0.167. The number of hydrogen-bond donors (Lipinski definition) is 0. The van der Waals surface area contributed by atoms with Crippen LogP contribution in [0.5, 0.6) is 0 Å². The molecule has 1 radical (unpaired) electrons. The molecule has 0 aliphatic heterocycles. The summed E-state index contributed by atoms with van der Waals surface area (Å²) in [6, 6.07) is 0. The lowest BCUT2D eigenvalue weighted by molar-refractivity contribution is 1.25. The van der Waals surface area contributed by atoms with Crippen LogP contribution in [0.2, 0.25) is 0 Å². The van der Waals surface area contributed by atoms with Gasteiger partial charge in [-0.25, -0.2) is 0 Å². The van der Waals surface area contributed by atoms with Crippen molar-refractivity contribution < 1.29 is 0 Å². The highest BCUT2D eigenvalue weighted by Crippen LogP contribution is 2.25. The van der Waals surface area contributed by atoms with Crippen molar-refractivity contribution in [2.45, 2.75) is 3.23 Å². The van der Waals surface area contributed by atoms with Crippen LogP contribution in [0.15, 0.2) is 0 Å². The molecule has 0 nitrogen and oxygen atoms in total. The van der Waals surface area contributed by atoms with Gasteiger partial charge in [-0.1, -0.05) is 47.8 Å². The number of alkyl halides is 3. The van der Waals surface area contributed by atoms with Crippen LogP contribution >= 0.6 is 47.8 Å². The van der Waals surface area contributed by atoms with E-state index < -0.39 is 0 Å². The zero-order chi connectivity index (χ0) is 5.21. The molecule has 0 rings (SSSR count). The Balaban J connectivity index is 3.17. The van der Waals surface area contributed by atoms with Crippen LogP contribution in [0.3, 0.4) is 0 Å². The van der Waals surface area contributed by atoms with E-state index in [0.29, 0.717) is 0 Å². The van der Waals surface area contributed by atoms with Gasteiger partial charge in [-0.15, -0.1) is 0 Å². The molecule has 0 spiro atoms. The van der Waals surface area contributed by atoms with Gasteiger partial charge in [-0.3, -0.25) is 0 Å². The van der Waals surface area contributed by atoms with Gasteiger partial charge < -0.3 is 0 Å². The van der Waals surface area contributed by atoms with Crippen molar-refractivity contribution in [2.75, 3.05) is 5.33 Å². The first-order chi connectivity index (χ1) is 2.56. The van der Waals surface area contributed by atoms with Gasteiger partial charge in [-0.2, -0.15) is 0 Å². The maximum absolute atomic E-state index is 3.68. The predicted molar refractivity (Wildman–Crippen MR) is 39.7 cm³/mol. The second kappa shape index (κ2) is 2.68. The van der Waals surface area contributed by atoms with E-state index in [1.807, 2.05) is 0 Å². The molecule has 6 heavy (non-hydrogen) atoms. The molecule has 37 valence electrons. The lowest BCUT2D eigenvalue weighted by atomic mass is 10.6. The molecule has 0 heterocycles. The predicted octanol–water partition coefficient (Wildman–Crippen LogP) is 2.70. The number of hydrogen-bond acceptors (Lipinski definition) is 0. The van der Waals surface area contributed by atoms with Gasteiger partial charge in [0, 0.05) is 5.33 Å². The molecule has 0 N–H and O–H groups in total. The van der Waals surface area contributed by atoms with Gasteiger partial charge in [0.15, 0.2) is 0 Å². The molecule has 0 aromatic carbocycles. The van der Waals surface area contributed by atoms with Crippen LogP contribution in [-0.4, -0.2) is 8.56 Å². The van der Waals surface area contributed by atoms with Crippen molar-refractivity contribution in [1.29, 1.82) is 0 Å². The van der Waals surface area contributed by atoms with Crippen LogP contribution in [-0.2, 0) is 0 Å². The van der Waals surface area contributed by atoms with E-state index in [1.54, 1.807) is 0 Å². The summed E-state index contributed by atoms with van der Waals surface area (Å²) < 4.78 is -0.167. The molecule has 0 atom stereocenters. The van der Waals surface area contributed by atoms with E-state index in [9.17, 15) is 0 Å². The Labute approximate surface area is 63.1 Å². The second-order valence-electron chi connectivity index (χ2n) is 0.990. The SMILES string of the molecule is [CH2]C(Br)(Br)CBr. The fraction of sp³-hybridized carbons (Fsp3) is 0.667. The van der Waals surface area contributed by atoms with Gasteiger partial charge in [0.25, 0.3) is 0 Å². The zero-order valence-corrected chi connectivity index (χ0v) is 7.81. The van der Waals surface area contributed by atoms with Crippen molar-refractivity contribution >= 4 is 47.8 Å². The third-order valence-electron chi connectivity index (χ3n) is 0.196. The lowest BCUT2D eigenvalue weighted by Gasteiger charge is -2.05. The molecule has 0 aromatic heterocycles. The first-order valence-corrected chi connectivity index (χ1v) is 4.06. The maximum atomic E-state index is 3.68. The average Bonchev–Trinajstić information content (AvgIpc) is 1.35. The van der Waals surface area contributed by atoms with Crippen LogP contribution in [0.1, 0.15) is 0 Å². The molecule has 0 saturated heterocycles. The molecule has 0 amide bonds. The number of halogens is 3. The Hall–Kier alpha value is 1.44. The quantitative estimate of drug-likeness (QED) is 0.648. The number of rotatable bonds is 1. The fourth-order valence-corrected chi connectivity index (χ4v) is 0. The van der Waals surface area contributed by atoms with Crippen molar-refractivity contribution in [1.82, 2.24) is 0 Å². The Kier molecular flexibility index (Phi) is 3.32. The molecule has 0 aliphatic carbocycles. The molecular weight excluding hydrogens is 276 g/mol. The highest BCUT2D eigenvalue weighted by molar-refractivity contribution is 9.26. The normalized spacial score (nSPS) is 12.0. The zero-order valence-electron chi connectivity index (χ0n) is 3.05. The Bertz CT molecular complexity index is 35.8. The Morgan fingerprint density at radius 1 is 1.50 bits per heavy atom. The molecule has 0 unspecified atom stereocenters. The Morgan fingerprint density at radius 3 is 1.67 bits per heavy atom. The lowest BCUT2D eigenvalue weighted by Crippen LogP contribution is -2.04. The maximum Gasteiger partial charge on any atom is 0.0902 e. The second-order valence-corrected chi connectivity index (χ2v) is 5.65. The molecule has 0 aliphatic rings. The highest BCUT2D eigenvalue weighted by Gasteiger charge is 2.10. The van der Waals surface area contributed by atoms with Gasteiger partial charge in [0.2, 0.25) is 0 Å². The van der Waals surface area contributed by atoms with E-state index in [2.05, 4.69) is 54.7 Å². The van der Waals surface area contributed by atoms with Crippen molar-refractivity contribution in [3.63, 3.8) is 0 Å². The summed E-state index contributed by atoms with van der Waals surface area (Å²) in [6.45, 7) is 3.68. The minimum Gasteiger partial charge on any atom is -0.0904 e. The summed E-state index contributed by atoms with van der Waals surface area (Å²) in [5.41, 5.74) is 0. The molecule has 0 bridgehead atoms. The fourth-order valence-electron chi connectivity index (χ4n) is 0. The summed E-state index contributed by atoms with van der Waals surface area (Å²) in [5.74, 6) is 0. The van der Waals surface area contributed by atoms with Crippen molar-refractivity contribution in [2.24, 2.45) is 0 Å². The Morgan fingerprint density at radius 2 is 1.67 bits per heavy atom. The summed E-state index contributed by atoms with van der Waals surface area (Å²) in [7, 11) is 0. The van der Waals surface area contributed by atoms with Crippen molar-refractivity contribution in [3.8, 4) is 0 Å². The monoisotopic (exact) mass is 277 g/mol. The highest BCUT2D eigenvalue weighted by atomic mass is 79.9. The molecule has 3 heteroatoms.